The van der Waals surface area contributed by atoms with Crippen molar-refractivity contribution in [3.05, 3.63) is 22.7 Å². The van der Waals surface area contributed by atoms with Crippen LogP contribution in [0.4, 0.5) is 11.4 Å². The van der Waals surface area contributed by atoms with E-state index in [4.69, 9.17) is 17.3 Å². The zero-order valence-electron chi connectivity index (χ0n) is 10.7. The lowest BCUT2D eigenvalue weighted by molar-refractivity contribution is 0.409. The number of nitrogens with two attached hydrogens (primary N) is 1. The van der Waals surface area contributed by atoms with Crippen molar-refractivity contribution in [1.29, 1.82) is 0 Å². The maximum Gasteiger partial charge on any atom is 0.0604 e. The molecule has 0 bridgehead atoms. The van der Waals surface area contributed by atoms with Gasteiger partial charge in [0.25, 0.3) is 0 Å². The first kappa shape index (κ1) is 12.5. The molecule has 1 fully saturated rings. The van der Waals surface area contributed by atoms with E-state index in [1.54, 1.807) is 0 Å². The molecule has 1 unspecified atom stereocenters. The van der Waals surface area contributed by atoms with Crippen LogP contribution >= 0.6 is 11.6 Å². The Balaban J connectivity index is 2.24. The summed E-state index contributed by atoms with van der Waals surface area (Å²) in [4.78, 5) is 4.63. The fraction of sp³-hybridized carbons (Fsp3) is 0.538. The first-order valence-corrected chi connectivity index (χ1v) is 6.34. The lowest BCUT2D eigenvalue weighted by Crippen LogP contribution is -2.34. The van der Waals surface area contributed by atoms with E-state index in [0.717, 1.165) is 35.1 Å². The predicted octanol–water partition coefficient (Wildman–Crippen LogP) is 2.37. The second-order valence-corrected chi connectivity index (χ2v) is 5.38. The normalized spacial score (nSPS) is 20.8. The third kappa shape index (κ3) is 2.50. The summed E-state index contributed by atoms with van der Waals surface area (Å²) in [5.41, 5.74) is 8.98. The zero-order valence-corrected chi connectivity index (χ0v) is 11.5. The van der Waals surface area contributed by atoms with Gasteiger partial charge in [0.2, 0.25) is 0 Å². The van der Waals surface area contributed by atoms with Crippen LogP contribution < -0.4 is 10.6 Å². The number of nitrogens with zero attached hydrogens (tertiary/aromatic N) is 2. The minimum Gasteiger partial charge on any atom is -0.397 e. The van der Waals surface area contributed by atoms with Crippen LogP contribution in [0.3, 0.4) is 0 Å². The summed E-state index contributed by atoms with van der Waals surface area (Å²) in [6.07, 6.45) is 1.19. The Labute approximate surface area is 108 Å². The summed E-state index contributed by atoms with van der Waals surface area (Å²) >= 11 is 6.07. The van der Waals surface area contributed by atoms with E-state index in [0.29, 0.717) is 6.04 Å². The first-order chi connectivity index (χ1) is 7.99. The molecule has 4 heteroatoms. The number of hydrogen-bond acceptors (Lipinski definition) is 3. The number of hydrogen-bond donors (Lipinski definition) is 1. The van der Waals surface area contributed by atoms with Crippen molar-refractivity contribution < 1.29 is 0 Å². The van der Waals surface area contributed by atoms with Gasteiger partial charge in [-0.3, -0.25) is 0 Å². The van der Waals surface area contributed by atoms with E-state index < -0.39 is 0 Å². The van der Waals surface area contributed by atoms with E-state index in [2.05, 4.69) is 30.0 Å². The van der Waals surface area contributed by atoms with Crippen molar-refractivity contribution in [3.63, 3.8) is 0 Å². The van der Waals surface area contributed by atoms with Crippen LogP contribution in [-0.2, 0) is 0 Å². The molecule has 1 aliphatic rings. The third-order valence-corrected chi connectivity index (χ3v) is 4.01. The minimum absolute atomic E-state index is 0.544. The zero-order chi connectivity index (χ0) is 12.6. The monoisotopic (exact) mass is 253 g/mol. The summed E-state index contributed by atoms with van der Waals surface area (Å²) in [5.74, 6) is 0. The van der Waals surface area contributed by atoms with Crippen LogP contribution in [0.2, 0.25) is 5.02 Å². The first-order valence-electron chi connectivity index (χ1n) is 5.96. The standard InChI is InChI=1S/C13H20ClN3/c1-9-6-13(12(15)7-11(9)14)17(3)10-4-5-16(2)8-10/h6-7,10H,4-5,8,15H2,1-3H3. The summed E-state index contributed by atoms with van der Waals surface area (Å²) in [7, 11) is 4.27. The van der Waals surface area contributed by atoms with Gasteiger partial charge in [-0.2, -0.15) is 0 Å². The van der Waals surface area contributed by atoms with Crippen LogP contribution in [-0.4, -0.2) is 38.1 Å². The van der Waals surface area contributed by atoms with Crippen LogP contribution in [0.25, 0.3) is 0 Å². The lowest BCUT2D eigenvalue weighted by Gasteiger charge is -2.28. The number of likely N-dealkylation sites (N-methyl/N-ethyl adjacent to an activating group) is 2. The van der Waals surface area contributed by atoms with Crippen molar-refractivity contribution in [1.82, 2.24) is 4.90 Å². The molecule has 0 aliphatic carbocycles. The Morgan fingerprint density at radius 2 is 2.18 bits per heavy atom. The van der Waals surface area contributed by atoms with E-state index in [-0.39, 0.29) is 0 Å². The van der Waals surface area contributed by atoms with Crippen molar-refractivity contribution in [2.24, 2.45) is 0 Å². The molecule has 2 rings (SSSR count). The van der Waals surface area contributed by atoms with Gasteiger partial charge >= 0.3 is 0 Å². The maximum atomic E-state index is 6.07. The third-order valence-electron chi connectivity index (χ3n) is 3.60. The molecule has 0 radical (unpaired) electrons. The molecule has 17 heavy (non-hydrogen) atoms. The molecule has 0 spiro atoms. The van der Waals surface area contributed by atoms with Crippen LogP contribution in [0.1, 0.15) is 12.0 Å². The SMILES string of the molecule is Cc1cc(N(C)C2CCN(C)C2)c(N)cc1Cl. The fourth-order valence-corrected chi connectivity index (χ4v) is 2.58. The van der Waals surface area contributed by atoms with Crippen molar-refractivity contribution in [2.45, 2.75) is 19.4 Å². The highest BCUT2D eigenvalue weighted by Crippen LogP contribution is 2.31. The highest BCUT2D eigenvalue weighted by atomic mass is 35.5. The molecule has 1 aromatic rings. The number of nitrogen functional groups attached to an aromatic ring is 1. The smallest absolute Gasteiger partial charge is 0.0604 e. The van der Waals surface area contributed by atoms with Crippen LogP contribution in [0.15, 0.2) is 12.1 Å². The predicted molar refractivity (Wildman–Crippen MR) is 74.9 cm³/mol. The highest BCUT2D eigenvalue weighted by molar-refractivity contribution is 6.31. The van der Waals surface area contributed by atoms with Gasteiger partial charge in [0, 0.05) is 24.7 Å². The van der Waals surface area contributed by atoms with Gasteiger partial charge in [-0.15, -0.1) is 0 Å². The Morgan fingerprint density at radius 1 is 1.47 bits per heavy atom. The maximum absolute atomic E-state index is 6.07. The van der Waals surface area contributed by atoms with Gasteiger partial charge in [-0.1, -0.05) is 11.6 Å². The number of rotatable bonds is 2. The largest absolute Gasteiger partial charge is 0.397 e. The summed E-state index contributed by atoms with van der Waals surface area (Å²) in [5, 5.41) is 0.739. The molecule has 94 valence electrons. The molecular weight excluding hydrogens is 234 g/mol. The Morgan fingerprint density at radius 3 is 2.76 bits per heavy atom. The Hall–Kier alpha value is -0.930. The average molecular weight is 254 g/mol. The van der Waals surface area contributed by atoms with Crippen LogP contribution in [0.5, 0.6) is 0 Å². The molecule has 2 N–H and O–H groups in total. The summed E-state index contributed by atoms with van der Waals surface area (Å²) in [6, 6.07) is 4.47. The molecule has 1 saturated heterocycles. The van der Waals surface area contributed by atoms with Gasteiger partial charge in [0.15, 0.2) is 0 Å². The summed E-state index contributed by atoms with van der Waals surface area (Å²) < 4.78 is 0. The second kappa shape index (κ2) is 4.75. The Kier molecular flexibility index (Phi) is 3.50. The average Bonchev–Trinajstić information content (AvgIpc) is 2.69. The molecule has 0 aromatic heterocycles. The van der Waals surface area contributed by atoms with Crippen molar-refractivity contribution in [3.8, 4) is 0 Å². The van der Waals surface area contributed by atoms with Crippen LogP contribution in [0, 0.1) is 6.92 Å². The number of halogens is 1. The molecule has 1 aliphatic heterocycles. The number of anilines is 2. The number of aryl methyl sites for hydroxylation is 1. The van der Waals surface area contributed by atoms with E-state index >= 15 is 0 Å². The van der Waals surface area contributed by atoms with Gasteiger partial charge in [0.05, 0.1) is 11.4 Å². The van der Waals surface area contributed by atoms with Gasteiger partial charge in [-0.25, -0.2) is 0 Å². The van der Waals surface area contributed by atoms with Gasteiger partial charge < -0.3 is 15.5 Å². The van der Waals surface area contributed by atoms with Gasteiger partial charge in [-0.05, 0) is 44.6 Å². The second-order valence-electron chi connectivity index (χ2n) is 4.98. The minimum atomic E-state index is 0.544. The molecule has 1 aromatic carbocycles. The lowest BCUT2D eigenvalue weighted by atomic mass is 10.1. The topological polar surface area (TPSA) is 32.5 Å². The van der Waals surface area contributed by atoms with Crippen molar-refractivity contribution >= 4 is 23.0 Å². The summed E-state index contributed by atoms with van der Waals surface area (Å²) in [6.45, 7) is 4.26. The highest BCUT2D eigenvalue weighted by Gasteiger charge is 2.24. The molecule has 0 amide bonds. The van der Waals surface area contributed by atoms with Crippen molar-refractivity contribution in [2.75, 3.05) is 37.8 Å². The Bertz CT molecular complexity index is 419. The van der Waals surface area contributed by atoms with E-state index in [1.807, 2.05) is 13.0 Å². The number of likely N-dealkylation sites (tertiary alicyclic amines) is 1. The van der Waals surface area contributed by atoms with E-state index in [9.17, 15) is 0 Å². The molecular formula is C13H20ClN3. The molecule has 3 nitrogen and oxygen atoms in total. The van der Waals surface area contributed by atoms with E-state index in [1.165, 1.54) is 6.42 Å². The molecule has 1 heterocycles. The van der Waals surface area contributed by atoms with Gasteiger partial charge in [0.1, 0.15) is 0 Å². The quantitative estimate of drug-likeness (QED) is 0.822. The number of benzene rings is 1. The molecule has 1 atom stereocenters. The molecule has 0 saturated carbocycles. The fourth-order valence-electron chi connectivity index (χ4n) is 2.41.